The molecule has 1 aliphatic heterocycles. The van der Waals surface area contributed by atoms with Gasteiger partial charge in [0.25, 0.3) is 5.56 Å². The summed E-state index contributed by atoms with van der Waals surface area (Å²) in [5, 5.41) is 2.01. The van der Waals surface area contributed by atoms with Gasteiger partial charge in [0.1, 0.15) is 17.5 Å². The highest BCUT2D eigenvalue weighted by molar-refractivity contribution is 7.07. The third-order valence-corrected chi connectivity index (χ3v) is 7.36. The van der Waals surface area contributed by atoms with Crippen molar-refractivity contribution in [3.8, 4) is 11.5 Å². The van der Waals surface area contributed by atoms with E-state index in [0.29, 0.717) is 37.7 Å². The molecule has 0 saturated carbocycles. The van der Waals surface area contributed by atoms with Gasteiger partial charge in [-0.25, -0.2) is 9.79 Å². The lowest BCUT2D eigenvalue weighted by atomic mass is 9.95. The third-order valence-electron chi connectivity index (χ3n) is 6.38. The summed E-state index contributed by atoms with van der Waals surface area (Å²) in [6.07, 6.45) is 1.84. The van der Waals surface area contributed by atoms with E-state index in [9.17, 15) is 9.59 Å². The quantitative estimate of drug-likeness (QED) is 0.364. The van der Waals surface area contributed by atoms with Gasteiger partial charge in [-0.2, -0.15) is 0 Å². The number of carbonyl (C=O) groups is 1. The number of nitrogens with zero attached hydrogens (tertiary/aromatic N) is 2. The maximum absolute atomic E-state index is 14.0. The number of hydrogen-bond donors (Lipinski definition) is 0. The molecule has 5 rings (SSSR count). The van der Waals surface area contributed by atoms with Crippen molar-refractivity contribution in [3.63, 3.8) is 0 Å². The fourth-order valence-electron chi connectivity index (χ4n) is 4.71. The summed E-state index contributed by atoms with van der Waals surface area (Å²) in [7, 11) is 3.18. The van der Waals surface area contributed by atoms with E-state index in [0.717, 1.165) is 16.3 Å². The van der Waals surface area contributed by atoms with Gasteiger partial charge in [-0.15, -0.1) is 0 Å². The molecule has 4 aromatic rings. The van der Waals surface area contributed by atoms with Gasteiger partial charge in [0.05, 0.1) is 36.6 Å². The van der Waals surface area contributed by atoms with E-state index in [1.165, 1.54) is 11.3 Å². The van der Waals surface area contributed by atoms with Crippen molar-refractivity contribution in [1.29, 1.82) is 0 Å². The van der Waals surface area contributed by atoms with Crippen LogP contribution in [0.2, 0.25) is 0 Å². The summed E-state index contributed by atoms with van der Waals surface area (Å²) >= 11 is 1.27. The molecule has 1 aromatic heterocycles. The van der Waals surface area contributed by atoms with Crippen LogP contribution < -0.4 is 24.4 Å². The summed E-state index contributed by atoms with van der Waals surface area (Å²) in [4.78, 5) is 32.3. The topological polar surface area (TPSA) is 79.1 Å². The second-order valence-corrected chi connectivity index (χ2v) is 9.46. The maximum atomic E-state index is 14.0. The van der Waals surface area contributed by atoms with Crippen molar-refractivity contribution >= 4 is 34.2 Å². The predicted octanol–water partition coefficient (Wildman–Crippen LogP) is 3.97. The third kappa shape index (κ3) is 4.23. The number of methoxy groups -OCH3 is 2. The second-order valence-electron chi connectivity index (χ2n) is 8.45. The highest BCUT2D eigenvalue weighted by atomic mass is 32.1. The number of thiazole rings is 1. The highest BCUT2D eigenvalue weighted by Crippen LogP contribution is 2.35. The zero-order chi connectivity index (χ0) is 26.1. The molecular weight excluding hydrogens is 488 g/mol. The molecule has 1 aliphatic rings. The molecule has 1 unspecified atom stereocenters. The van der Waals surface area contributed by atoms with Crippen molar-refractivity contribution < 1.29 is 19.0 Å². The molecule has 3 aromatic carbocycles. The normalized spacial score (nSPS) is 15.4. The van der Waals surface area contributed by atoms with Crippen molar-refractivity contribution in [2.75, 3.05) is 20.8 Å². The van der Waals surface area contributed by atoms with E-state index in [1.54, 1.807) is 32.6 Å². The van der Waals surface area contributed by atoms with E-state index in [4.69, 9.17) is 14.2 Å². The largest absolute Gasteiger partial charge is 0.496 e. The lowest BCUT2D eigenvalue weighted by Gasteiger charge is -2.25. The van der Waals surface area contributed by atoms with Crippen LogP contribution in [-0.2, 0) is 9.53 Å². The number of allylic oxidation sites excluding steroid dienone is 1. The Kier molecular flexibility index (Phi) is 6.67. The van der Waals surface area contributed by atoms with Crippen LogP contribution in [0, 0.1) is 0 Å². The van der Waals surface area contributed by atoms with E-state index >= 15 is 0 Å². The fraction of sp³-hybridized carbons (Fsp3) is 0.207. The Morgan fingerprint density at radius 2 is 1.76 bits per heavy atom. The van der Waals surface area contributed by atoms with Gasteiger partial charge in [0, 0.05) is 11.1 Å². The summed E-state index contributed by atoms with van der Waals surface area (Å²) in [5.74, 6) is 0.716. The van der Waals surface area contributed by atoms with Crippen molar-refractivity contribution in [2.24, 2.45) is 4.99 Å². The molecule has 0 N–H and O–H groups in total. The molecule has 188 valence electrons. The van der Waals surface area contributed by atoms with E-state index in [1.807, 2.05) is 66.7 Å². The Morgan fingerprint density at radius 3 is 2.51 bits per heavy atom. The number of ether oxygens (including phenoxy) is 3. The van der Waals surface area contributed by atoms with E-state index in [-0.39, 0.29) is 12.2 Å². The Morgan fingerprint density at radius 1 is 1.03 bits per heavy atom. The van der Waals surface area contributed by atoms with Gasteiger partial charge in [-0.05, 0) is 42.8 Å². The summed E-state index contributed by atoms with van der Waals surface area (Å²) in [6, 6.07) is 18.4. The van der Waals surface area contributed by atoms with Crippen LogP contribution in [0.3, 0.4) is 0 Å². The second kappa shape index (κ2) is 10.1. The molecule has 0 fully saturated rings. The fourth-order valence-corrected chi connectivity index (χ4v) is 5.74. The van der Waals surface area contributed by atoms with Gasteiger partial charge in [-0.3, -0.25) is 9.36 Å². The molecule has 8 heteroatoms. The Balaban J connectivity index is 1.81. The molecule has 1 atom stereocenters. The zero-order valence-corrected chi connectivity index (χ0v) is 21.8. The van der Waals surface area contributed by atoms with Crippen LogP contribution in [0.4, 0.5) is 0 Å². The van der Waals surface area contributed by atoms with E-state index < -0.39 is 12.0 Å². The van der Waals surface area contributed by atoms with Crippen molar-refractivity contribution in [3.05, 3.63) is 103 Å². The molecule has 0 bridgehead atoms. The number of carbonyl (C=O) groups excluding carboxylic acids is 1. The van der Waals surface area contributed by atoms with Crippen LogP contribution in [-0.4, -0.2) is 31.4 Å². The monoisotopic (exact) mass is 514 g/mol. The van der Waals surface area contributed by atoms with Crippen LogP contribution >= 0.6 is 11.3 Å². The molecule has 7 nitrogen and oxygen atoms in total. The van der Waals surface area contributed by atoms with Crippen LogP contribution in [0.15, 0.2) is 81.7 Å². The first kappa shape index (κ1) is 24.5. The minimum atomic E-state index is -0.747. The number of rotatable bonds is 6. The number of para-hydroxylation sites is 1. The average Bonchev–Trinajstić information content (AvgIpc) is 3.22. The van der Waals surface area contributed by atoms with E-state index in [2.05, 4.69) is 4.99 Å². The molecule has 0 saturated heterocycles. The number of hydrogen-bond acceptors (Lipinski definition) is 7. The lowest BCUT2D eigenvalue weighted by molar-refractivity contribution is -0.139. The van der Waals surface area contributed by atoms with Crippen LogP contribution in [0.1, 0.15) is 31.0 Å². The molecule has 0 amide bonds. The number of fused-ring (bicyclic) bond motifs is 2. The van der Waals surface area contributed by atoms with Crippen LogP contribution in [0.5, 0.6) is 11.5 Å². The number of benzene rings is 3. The highest BCUT2D eigenvalue weighted by Gasteiger charge is 2.35. The summed E-state index contributed by atoms with van der Waals surface area (Å²) in [6.45, 7) is 3.72. The Bertz CT molecular complexity index is 1730. The van der Waals surface area contributed by atoms with Gasteiger partial charge < -0.3 is 14.2 Å². The zero-order valence-electron chi connectivity index (χ0n) is 21.0. The average molecular weight is 515 g/mol. The molecule has 0 aliphatic carbocycles. The Labute approximate surface area is 217 Å². The summed E-state index contributed by atoms with van der Waals surface area (Å²) < 4.78 is 18.7. The smallest absolute Gasteiger partial charge is 0.338 e. The SMILES string of the molecule is CCOC(=O)C1=C(C)N=c2sc(=Cc3c(OC)ccc4ccccc34)c(=O)n2C1c1ccccc1OC. The van der Waals surface area contributed by atoms with Gasteiger partial charge in [0.15, 0.2) is 4.80 Å². The first-order valence-electron chi connectivity index (χ1n) is 11.9. The maximum Gasteiger partial charge on any atom is 0.338 e. The molecule has 37 heavy (non-hydrogen) atoms. The Hall–Kier alpha value is -4.17. The standard InChI is InChI=1S/C29H26N2O5S/c1-5-36-28(33)25-17(2)30-29-31(26(25)20-12-8-9-13-22(20)34-3)27(32)24(37-29)16-21-19-11-7-6-10-18(19)14-15-23(21)35-4/h6-16,26H,5H2,1-4H3. The minimum absolute atomic E-state index is 0.208. The first-order valence-corrected chi connectivity index (χ1v) is 12.7. The first-order chi connectivity index (χ1) is 18.0. The van der Waals surface area contributed by atoms with Crippen molar-refractivity contribution in [1.82, 2.24) is 4.57 Å². The number of aromatic nitrogens is 1. The molecule has 2 heterocycles. The lowest BCUT2D eigenvalue weighted by Crippen LogP contribution is -2.40. The predicted molar refractivity (Wildman–Crippen MR) is 144 cm³/mol. The van der Waals surface area contributed by atoms with Gasteiger partial charge in [-0.1, -0.05) is 59.9 Å². The molecule has 0 radical (unpaired) electrons. The minimum Gasteiger partial charge on any atom is -0.496 e. The van der Waals surface area contributed by atoms with Gasteiger partial charge >= 0.3 is 5.97 Å². The molecule has 0 spiro atoms. The van der Waals surface area contributed by atoms with Crippen molar-refractivity contribution in [2.45, 2.75) is 19.9 Å². The summed E-state index contributed by atoms with van der Waals surface area (Å²) in [5.41, 5.74) is 2.04. The van der Waals surface area contributed by atoms with Crippen LogP contribution in [0.25, 0.3) is 16.8 Å². The number of esters is 1. The molecular formula is C29H26N2O5S. The van der Waals surface area contributed by atoms with Gasteiger partial charge in [0.2, 0.25) is 0 Å².